The number of rotatable bonds is 9. The molecule has 1 atom stereocenters. The normalized spacial score (nSPS) is 13.5. The summed E-state index contributed by atoms with van der Waals surface area (Å²) in [7, 11) is 0. The van der Waals surface area contributed by atoms with Crippen LogP contribution in [-0.2, 0) is 16.1 Å². The van der Waals surface area contributed by atoms with Gasteiger partial charge in [-0.2, -0.15) is 0 Å². The van der Waals surface area contributed by atoms with Gasteiger partial charge in [-0.1, -0.05) is 60.7 Å². The lowest BCUT2D eigenvalue weighted by Gasteiger charge is -2.42. The fourth-order valence-electron chi connectivity index (χ4n) is 2.46. The van der Waals surface area contributed by atoms with Crippen LogP contribution in [0.25, 0.3) is 6.08 Å². The Morgan fingerprint density at radius 3 is 2.32 bits per heavy atom. The number of hydrogen-bond acceptors (Lipinski definition) is 4. The number of nitrogens with zero attached hydrogens (tertiary/aromatic N) is 1. The van der Waals surface area contributed by atoms with Crippen molar-refractivity contribution in [1.82, 2.24) is 0 Å². The van der Waals surface area contributed by atoms with Gasteiger partial charge in [-0.3, -0.25) is 0 Å². The van der Waals surface area contributed by atoms with Gasteiger partial charge in [-0.25, -0.2) is 4.79 Å². The minimum atomic E-state index is -0.629. The summed E-state index contributed by atoms with van der Waals surface area (Å²) in [4.78, 5) is 11.8. The molecule has 5 heteroatoms. The fourth-order valence-corrected chi connectivity index (χ4v) is 2.46. The van der Waals surface area contributed by atoms with E-state index in [1.807, 2.05) is 60.7 Å². The smallest absolute Gasteiger partial charge is 0.330 e. The van der Waals surface area contributed by atoms with Crippen LogP contribution in [-0.4, -0.2) is 42.0 Å². The number of aliphatic hydroxyl groups is 1. The molecule has 0 aliphatic heterocycles. The maximum Gasteiger partial charge on any atom is 0.330 e. The Balaban J connectivity index is 1.84. The predicted octanol–water partition coefficient (Wildman–Crippen LogP) is 2.75. The van der Waals surface area contributed by atoms with Gasteiger partial charge in [-0.05, 0) is 11.6 Å². The molecule has 2 aromatic carbocycles. The third kappa shape index (κ3) is 6.89. The van der Waals surface area contributed by atoms with E-state index in [1.54, 1.807) is 6.08 Å². The highest BCUT2D eigenvalue weighted by Crippen LogP contribution is 2.12. The summed E-state index contributed by atoms with van der Waals surface area (Å²) in [6, 6.07) is 18.8. The molecule has 0 spiro atoms. The molecule has 0 aromatic heterocycles. The number of quaternary nitrogens is 1. The van der Waals surface area contributed by atoms with Gasteiger partial charge in [0.05, 0.1) is 6.61 Å². The molecule has 0 fully saturated rings. The minimum Gasteiger partial charge on any atom is -0.632 e. The first-order chi connectivity index (χ1) is 12.1. The Kier molecular flexibility index (Phi) is 7.35. The molecule has 0 unspecified atom stereocenters. The van der Waals surface area contributed by atoms with Gasteiger partial charge in [-0.15, -0.1) is 0 Å². The number of hydroxylamine groups is 3. The summed E-state index contributed by atoms with van der Waals surface area (Å²) in [5.74, 6) is -0.487. The SMILES string of the molecule is O=C(/C=C/c1ccccc1)OCC[N@@+]([O-])(CCO)Cc1ccccc1. The van der Waals surface area contributed by atoms with Crippen LogP contribution in [0, 0.1) is 5.21 Å². The molecule has 5 nitrogen and oxygen atoms in total. The van der Waals surface area contributed by atoms with Crippen LogP contribution >= 0.6 is 0 Å². The van der Waals surface area contributed by atoms with Gasteiger partial charge in [0.2, 0.25) is 0 Å². The molecule has 2 rings (SSSR count). The quantitative estimate of drug-likeness (QED) is 0.329. The van der Waals surface area contributed by atoms with Crippen LogP contribution in [0.3, 0.4) is 0 Å². The van der Waals surface area contributed by atoms with Gasteiger partial charge in [0.25, 0.3) is 0 Å². The standard InChI is InChI=1S/C20H23NO4/c22-15-13-21(24,17-19-9-5-2-6-10-19)14-16-25-20(23)12-11-18-7-3-1-4-8-18/h1-12,22H,13-17H2/b12-11+/t21-/m0/s1. The Hall–Kier alpha value is -2.47. The highest BCUT2D eigenvalue weighted by Gasteiger charge is 2.17. The highest BCUT2D eigenvalue weighted by atomic mass is 16.6. The van der Waals surface area contributed by atoms with Crippen molar-refractivity contribution in [3.63, 3.8) is 0 Å². The molecular weight excluding hydrogens is 318 g/mol. The van der Waals surface area contributed by atoms with E-state index < -0.39 is 10.6 Å². The third-order valence-corrected chi connectivity index (χ3v) is 3.78. The molecule has 0 bridgehead atoms. The van der Waals surface area contributed by atoms with Crippen molar-refractivity contribution in [2.24, 2.45) is 0 Å². The van der Waals surface area contributed by atoms with E-state index in [1.165, 1.54) is 6.08 Å². The summed E-state index contributed by atoms with van der Waals surface area (Å²) >= 11 is 0. The molecule has 0 heterocycles. The van der Waals surface area contributed by atoms with Gasteiger partial charge >= 0.3 is 5.97 Å². The maximum atomic E-state index is 12.8. The van der Waals surface area contributed by atoms with E-state index in [0.29, 0.717) is 0 Å². The molecule has 1 N–H and O–H groups in total. The molecule has 0 amide bonds. The summed E-state index contributed by atoms with van der Waals surface area (Å²) in [5, 5.41) is 22.0. The van der Waals surface area contributed by atoms with Crippen LogP contribution in [0.5, 0.6) is 0 Å². The van der Waals surface area contributed by atoms with Crippen LogP contribution < -0.4 is 0 Å². The van der Waals surface area contributed by atoms with E-state index in [9.17, 15) is 10.0 Å². The number of esters is 1. The van der Waals surface area contributed by atoms with E-state index in [-0.39, 0.29) is 32.8 Å². The Labute approximate surface area is 148 Å². The van der Waals surface area contributed by atoms with Gasteiger partial charge in [0.1, 0.15) is 26.2 Å². The zero-order valence-electron chi connectivity index (χ0n) is 14.1. The summed E-state index contributed by atoms with van der Waals surface area (Å²) in [6.07, 6.45) is 3.01. The van der Waals surface area contributed by atoms with Crippen LogP contribution in [0.15, 0.2) is 66.7 Å². The Morgan fingerprint density at radius 2 is 1.68 bits per heavy atom. The first-order valence-corrected chi connectivity index (χ1v) is 8.23. The highest BCUT2D eigenvalue weighted by molar-refractivity contribution is 5.86. The number of carbonyl (C=O) groups excluding carboxylic acids is 1. The largest absolute Gasteiger partial charge is 0.632 e. The number of ether oxygens (including phenoxy) is 1. The molecule has 0 radical (unpaired) electrons. The monoisotopic (exact) mass is 341 g/mol. The van der Waals surface area contributed by atoms with Crippen molar-refractivity contribution in [3.05, 3.63) is 83.1 Å². The van der Waals surface area contributed by atoms with Crippen molar-refractivity contribution in [2.75, 3.05) is 26.3 Å². The zero-order valence-corrected chi connectivity index (χ0v) is 14.1. The molecular formula is C20H23NO4. The number of benzene rings is 2. The average Bonchev–Trinajstić information content (AvgIpc) is 2.62. The van der Waals surface area contributed by atoms with Gasteiger partial charge < -0.3 is 19.7 Å². The molecule has 0 saturated heterocycles. The second kappa shape index (κ2) is 9.74. The third-order valence-electron chi connectivity index (χ3n) is 3.78. The molecule has 25 heavy (non-hydrogen) atoms. The lowest BCUT2D eigenvalue weighted by atomic mass is 10.2. The molecule has 2 aromatic rings. The maximum absolute atomic E-state index is 12.8. The summed E-state index contributed by atoms with van der Waals surface area (Å²) < 4.78 is 4.49. The lowest BCUT2D eigenvalue weighted by Crippen LogP contribution is -2.46. The Morgan fingerprint density at radius 1 is 1.04 bits per heavy atom. The second-order valence-electron chi connectivity index (χ2n) is 5.78. The predicted molar refractivity (Wildman–Crippen MR) is 97.0 cm³/mol. The van der Waals surface area contributed by atoms with Crippen molar-refractivity contribution in [3.8, 4) is 0 Å². The van der Waals surface area contributed by atoms with Gasteiger partial charge in [0, 0.05) is 11.6 Å². The average molecular weight is 341 g/mol. The molecule has 132 valence electrons. The number of hydrogen-bond donors (Lipinski definition) is 1. The first kappa shape index (κ1) is 18.9. The van der Waals surface area contributed by atoms with Gasteiger partial charge in [0.15, 0.2) is 0 Å². The molecule has 0 aliphatic carbocycles. The topological polar surface area (TPSA) is 69.6 Å². The van der Waals surface area contributed by atoms with Crippen molar-refractivity contribution < 1.29 is 19.3 Å². The van der Waals surface area contributed by atoms with E-state index in [4.69, 9.17) is 9.84 Å². The van der Waals surface area contributed by atoms with Crippen LogP contribution in [0.2, 0.25) is 0 Å². The summed E-state index contributed by atoms with van der Waals surface area (Å²) in [5.41, 5.74) is 1.79. The first-order valence-electron chi connectivity index (χ1n) is 8.23. The van der Waals surface area contributed by atoms with E-state index >= 15 is 0 Å². The fraction of sp³-hybridized carbons (Fsp3) is 0.250. The van der Waals surface area contributed by atoms with Crippen molar-refractivity contribution in [1.29, 1.82) is 0 Å². The van der Waals surface area contributed by atoms with E-state index in [2.05, 4.69) is 0 Å². The number of aliphatic hydroxyl groups excluding tert-OH is 1. The second-order valence-corrected chi connectivity index (χ2v) is 5.78. The van der Waals surface area contributed by atoms with Crippen molar-refractivity contribution >= 4 is 12.0 Å². The summed E-state index contributed by atoms with van der Waals surface area (Å²) in [6.45, 7) is 0.192. The molecule has 0 saturated carbocycles. The minimum absolute atomic E-state index is 0.00823. The Bertz CT molecular complexity index is 673. The van der Waals surface area contributed by atoms with Crippen LogP contribution in [0.4, 0.5) is 0 Å². The number of carbonyl (C=O) groups is 1. The van der Waals surface area contributed by atoms with Crippen LogP contribution in [0.1, 0.15) is 11.1 Å². The van der Waals surface area contributed by atoms with Crippen molar-refractivity contribution in [2.45, 2.75) is 6.54 Å². The molecule has 0 aliphatic rings. The van der Waals surface area contributed by atoms with E-state index in [0.717, 1.165) is 11.1 Å². The lowest BCUT2D eigenvalue weighted by molar-refractivity contribution is -0.894. The zero-order chi connectivity index (χ0) is 18.0.